The van der Waals surface area contributed by atoms with E-state index in [2.05, 4.69) is 26.4 Å². The molecule has 7 heteroatoms. The number of amides is 1. The SMILES string of the molecule is Cc1noc(Br)c1NC(=O)OC(C)c1cccc(Cl)c1. The van der Waals surface area contributed by atoms with Gasteiger partial charge in [0, 0.05) is 5.02 Å². The molecule has 0 radical (unpaired) electrons. The number of benzene rings is 1. The van der Waals surface area contributed by atoms with Gasteiger partial charge in [0.25, 0.3) is 0 Å². The summed E-state index contributed by atoms with van der Waals surface area (Å²) >= 11 is 9.05. The second-order valence-electron chi connectivity index (χ2n) is 4.14. The topological polar surface area (TPSA) is 64.4 Å². The molecule has 1 aromatic carbocycles. The van der Waals surface area contributed by atoms with Crippen LogP contribution in [-0.2, 0) is 4.74 Å². The Morgan fingerprint density at radius 2 is 2.30 bits per heavy atom. The van der Waals surface area contributed by atoms with Crippen molar-refractivity contribution in [2.24, 2.45) is 0 Å². The molecule has 1 amide bonds. The van der Waals surface area contributed by atoms with Gasteiger partial charge in [0.05, 0.1) is 0 Å². The molecule has 0 spiro atoms. The van der Waals surface area contributed by atoms with Crippen LogP contribution in [0.4, 0.5) is 10.5 Å². The quantitative estimate of drug-likeness (QED) is 0.862. The maximum absolute atomic E-state index is 11.8. The third kappa shape index (κ3) is 3.52. The van der Waals surface area contributed by atoms with Gasteiger partial charge >= 0.3 is 6.09 Å². The Kier molecular flexibility index (Phi) is 4.67. The number of ether oxygens (including phenoxy) is 1. The first-order valence-electron chi connectivity index (χ1n) is 5.82. The van der Waals surface area contributed by atoms with E-state index in [0.29, 0.717) is 21.1 Å². The lowest BCUT2D eigenvalue weighted by Crippen LogP contribution is -2.16. The number of anilines is 1. The van der Waals surface area contributed by atoms with E-state index in [9.17, 15) is 4.79 Å². The molecule has 1 N–H and O–H groups in total. The highest BCUT2D eigenvalue weighted by atomic mass is 79.9. The van der Waals surface area contributed by atoms with Crippen LogP contribution in [0.2, 0.25) is 5.02 Å². The Balaban J connectivity index is 2.01. The fourth-order valence-electron chi connectivity index (χ4n) is 1.60. The molecule has 2 rings (SSSR count). The van der Waals surface area contributed by atoms with Crippen LogP contribution >= 0.6 is 27.5 Å². The lowest BCUT2D eigenvalue weighted by atomic mass is 10.1. The molecule has 106 valence electrons. The Labute approximate surface area is 129 Å². The summed E-state index contributed by atoms with van der Waals surface area (Å²) in [5, 5.41) is 6.88. The second kappa shape index (κ2) is 6.28. The number of carbonyl (C=O) groups excluding carboxylic acids is 1. The second-order valence-corrected chi connectivity index (χ2v) is 5.30. The Morgan fingerprint density at radius 3 is 2.90 bits per heavy atom. The van der Waals surface area contributed by atoms with Crippen molar-refractivity contribution in [3.63, 3.8) is 0 Å². The monoisotopic (exact) mass is 358 g/mol. The zero-order valence-corrected chi connectivity index (χ0v) is 13.2. The predicted molar refractivity (Wildman–Crippen MR) is 78.9 cm³/mol. The van der Waals surface area contributed by atoms with Gasteiger partial charge < -0.3 is 9.26 Å². The smallest absolute Gasteiger partial charge is 0.412 e. The summed E-state index contributed by atoms with van der Waals surface area (Å²) < 4.78 is 10.5. The molecule has 0 aliphatic rings. The summed E-state index contributed by atoms with van der Waals surface area (Å²) in [4.78, 5) is 11.8. The highest BCUT2D eigenvalue weighted by Crippen LogP contribution is 2.26. The predicted octanol–water partition coefficient (Wildman–Crippen LogP) is 4.71. The number of rotatable bonds is 3. The minimum Gasteiger partial charge on any atom is -0.441 e. The van der Waals surface area contributed by atoms with Gasteiger partial charge in [0.15, 0.2) is 0 Å². The molecule has 0 bridgehead atoms. The van der Waals surface area contributed by atoms with Crippen molar-refractivity contribution < 1.29 is 14.1 Å². The minimum absolute atomic E-state index is 0.349. The molecule has 1 unspecified atom stereocenters. The third-order valence-corrected chi connectivity index (χ3v) is 3.43. The van der Waals surface area contributed by atoms with E-state index in [0.717, 1.165) is 5.56 Å². The molecule has 20 heavy (non-hydrogen) atoms. The van der Waals surface area contributed by atoms with Crippen molar-refractivity contribution in [3.05, 3.63) is 45.2 Å². The van der Waals surface area contributed by atoms with Crippen molar-refractivity contribution in [1.82, 2.24) is 5.16 Å². The number of halogens is 2. The fraction of sp³-hybridized carbons (Fsp3) is 0.231. The van der Waals surface area contributed by atoms with Gasteiger partial charge in [-0.05, 0) is 47.5 Å². The highest BCUT2D eigenvalue weighted by molar-refractivity contribution is 9.10. The molecule has 1 atom stereocenters. The Bertz CT molecular complexity index is 610. The summed E-state index contributed by atoms with van der Waals surface area (Å²) in [5.41, 5.74) is 1.83. The van der Waals surface area contributed by atoms with Crippen LogP contribution in [0.5, 0.6) is 0 Å². The van der Waals surface area contributed by atoms with Crippen LogP contribution < -0.4 is 5.32 Å². The average Bonchev–Trinajstić information content (AvgIpc) is 2.70. The summed E-state index contributed by atoms with van der Waals surface area (Å²) in [6.45, 7) is 3.48. The lowest BCUT2D eigenvalue weighted by Gasteiger charge is -2.14. The first kappa shape index (κ1) is 14.9. The molecule has 0 saturated carbocycles. The normalized spacial score (nSPS) is 12.0. The molecule has 0 aliphatic heterocycles. The largest absolute Gasteiger partial charge is 0.441 e. The van der Waals surface area contributed by atoms with E-state index in [1.165, 1.54) is 0 Å². The van der Waals surface area contributed by atoms with Gasteiger partial charge in [0.1, 0.15) is 17.5 Å². The van der Waals surface area contributed by atoms with E-state index in [-0.39, 0.29) is 0 Å². The first-order valence-corrected chi connectivity index (χ1v) is 6.99. The van der Waals surface area contributed by atoms with Gasteiger partial charge in [-0.15, -0.1) is 0 Å². The zero-order valence-electron chi connectivity index (χ0n) is 10.8. The number of nitrogens with zero attached hydrogens (tertiary/aromatic N) is 1. The van der Waals surface area contributed by atoms with Crippen LogP contribution in [0.25, 0.3) is 0 Å². The summed E-state index contributed by atoms with van der Waals surface area (Å²) in [7, 11) is 0. The molecule has 1 heterocycles. The number of nitrogens with one attached hydrogen (secondary N) is 1. The number of carbonyl (C=O) groups is 1. The molecule has 2 aromatic rings. The van der Waals surface area contributed by atoms with Crippen LogP contribution in [0.1, 0.15) is 24.3 Å². The minimum atomic E-state index is -0.593. The third-order valence-electron chi connectivity index (χ3n) is 2.65. The zero-order chi connectivity index (χ0) is 14.7. The summed E-state index contributed by atoms with van der Waals surface area (Å²) in [5.74, 6) is 0. The van der Waals surface area contributed by atoms with Crippen LogP contribution in [0.3, 0.4) is 0 Å². The fourth-order valence-corrected chi connectivity index (χ4v) is 2.26. The van der Waals surface area contributed by atoms with Crippen molar-refractivity contribution >= 4 is 39.3 Å². The van der Waals surface area contributed by atoms with Gasteiger partial charge in [-0.1, -0.05) is 28.9 Å². The summed E-state index contributed by atoms with van der Waals surface area (Å²) in [6, 6.07) is 7.15. The van der Waals surface area contributed by atoms with E-state index < -0.39 is 12.2 Å². The van der Waals surface area contributed by atoms with Crippen molar-refractivity contribution in [3.8, 4) is 0 Å². The molecular formula is C13H12BrClN2O3. The molecular weight excluding hydrogens is 348 g/mol. The van der Waals surface area contributed by atoms with E-state index >= 15 is 0 Å². The van der Waals surface area contributed by atoms with Crippen molar-refractivity contribution in [2.45, 2.75) is 20.0 Å². The van der Waals surface area contributed by atoms with E-state index in [4.69, 9.17) is 20.9 Å². The van der Waals surface area contributed by atoms with E-state index in [1.807, 2.05) is 6.07 Å². The van der Waals surface area contributed by atoms with Crippen molar-refractivity contribution in [2.75, 3.05) is 5.32 Å². The lowest BCUT2D eigenvalue weighted by molar-refractivity contribution is 0.121. The Hall–Kier alpha value is -1.53. The van der Waals surface area contributed by atoms with Crippen LogP contribution in [0.15, 0.2) is 33.5 Å². The molecule has 0 fully saturated rings. The molecule has 5 nitrogen and oxygen atoms in total. The first-order chi connectivity index (χ1) is 9.47. The van der Waals surface area contributed by atoms with Crippen molar-refractivity contribution in [1.29, 1.82) is 0 Å². The highest BCUT2D eigenvalue weighted by Gasteiger charge is 2.17. The number of hydrogen-bond acceptors (Lipinski definition) is 4. The number of aryl methyl sites for hydroxylation is 1. The van der Waals surface area contributed by atoms with Gasteiger partial charge in [-0.25, -0.2) is 4.79 Å². The number of hydrogen-bond donors (Lipinski definition) is 1. The van der Waals surface area contributed by atoms with E-state index in [1.54, 1.807) is 32.0 Å². The average molecular weight is 360 g/mol. The molecule has 0 aliphatic carbocycles. The molecule has 1 aromatic heterocycles. The van der Waals surface area contributed by atoms with Gasteiger partial charge in [-0.3, -0.25) is 5.32 Å². The number of aromatic nitrogens is 1. The Morgan fingerprint density at radius 1 is 1.55 bits per heavy atom. The van der Waals surface area contributed by atoms with Gasteiger partial charge in [0.2, 0.25) is 4.67 Å². The van der Waals surface area contributed by atoms with Gasteiger partial charge in [-0.2, -0.15) is 0 Å². The van der Waals surface area contributed by atoms with Crippen LogP contribution in [0, 0.1) is 6.92 Å². The standard InChI is InChI=1S/C13H12BrClN2O3/c1-7-11(12(14)20-17-7)16-13(18)19-8(2)9-4-3-5-10(15)6-9/h3-6,8H,1-2H3,(H,16,18). The maximum Gasteiger partial charge on any atom is 0.412 e. The maximum atomic E-state index is 11.8. The summed E-state index contributed by atoms with van der Waals surface area (Å²) in [6.07, 6.45) is -1.02. The van der Waals surface area contributed by atoms with Crippen LogP contribution in [-0.4, -0.2) is 11.2 Å². The molecule has 0 saturated heterocycles.